The standard InChI is InChI=1S/C20H23N3O5S/c1-12-17(29-18(21-12)13-7-9-15(27-2)10-8-13)19(25)28-11-16(24)23-20(26)22-14-5-3-4-6-14/h7-10,14H,3-6,11H2,1-2H3,(H2,22,23,24,26). The number of aryl methyl sites for hydroxylation is 1. The Hall–Kier alpha value is -2.94. The Kier molecular flexibility index (Phi) is 6.82. The molecule has 8 nitrogen and oxygen atoms in total. The normalized spacial score (nSPS) is 13.7. The summed E-state index contributed by atoms with van der Waals surface area (Å²) in [6.45, 7) is 1.17. The molecule has 1 aliphatic carbocycles. The number of thiazole rings is 1. The largest absolute Gasteiger partial charge is 0.497 e. The Bertz CT molecular complexity index is 888. The van der Waals surface area contributed by atoms with Gasteiger partial charge in [0.15, 0.2) is 6.61 Å². The van der Waals surface area contributed by atoms with Crippen molar-refractivity contribution in [3.8, 4) is 16.3 Å². The molecule has 0 aliphatic heterocycles. The van der Waals surface area contributed by atoms with E-state index in [2.05, 4.69) is 15.6 Å². The Labute approximate surface area is 172 Å². The number of benzene rings is 1. The zero-order valence-corrected chi connectivity index (χ0v) is 17.1. The molecule has 29 heavy (non-hydrogen) atoms. The van der Waals surface area contributed by atoms with Crippen molar-refractivity contribution in [1.82, 2.24) is 15.6 Å². The van der Waals surface area contributed by atoms with Crippen LogP contribution < -0.4 is 15.4 Å². The molecule has 0 radical (unpaired) electrons. The van der Waals surface area contributed by atoms with Crippen molar-refractivity contribution in [3.05, 3.63) is 34.8 Å². The number of carbonyl (C=O) groups excluding carboxylic acids is 3. The van der Waals surface area contributed by atoms with E-state index in [-0.39, 0.29) is 6.04 Å². The molecule has 3 amide bonds. The van der Waals surface area contributed by atoms with E-state index in [1.54, 1.807) is 14.0 Å². The van der Waals surface area contributed by atoms with Crippen molar-refractivity contribution in [2.45, 2.75) is 38.6 Å². The molecule has 1 fully saturated rings. The average molecular weight is 417 g/mol. The van der Waals surface area contributed by atoms with Crippen molar-refractivity contribution in [1.29, 1.82) is 0 Å². The lowest BCUT2D eigenvalue weighted by atomic mass is 10.2. The molecule has 3 rings (SSSR count). The third kappa shape index (κ3) is 5.54. The van der Waals surface area contributed by atoms with Gasteiger partial charge in [-0.25, -0.2) is 14.6 Å². The van der Waals surface area contributed by atoms with Gasteiger partial charge in [-0.1, -0.05) is 12.8 Å². The van der Waals surface area contributed by atoms with E-state index in [9.17, 15) is 14.4 Å². The minimum absolute atomic E-state index is 0.0987. The molecule has 1 aliphatic rings. The summed E-state index contributed by atoms with van der Waals surface area (Å²) >= 11 is 1.18. The number of hydrogen-bond donors (Lipinski definition) is 2. The van der Waals surface area contributed by atoms with Crippen LogP contribution in [0.4, 0.5) is 4.79 Å². The van der Waals surface area contributed by atoms with Crippen molar-refractivity contribution >= 4 is 29.2 Å². The lowest BCUT2D eigenvalue weighted by molar-refractivity contribution is -0.123. The minimum Gasteiger partial charge on any atom is -0.497 e. The molecule has 1 aromatic carbocycles. The number of nitrogens with one attached hydrogen (secondary N) is 2. The molecule has 154 valence electrons. The summed E-state index contributed by atoms with van der Waals surface area (Å²) in [6.07, 6.45) is 3.97. The predicted octanol–water partition coefficient (Wildman–Crippen LogP) is 3.05. The van der Waals surface area contributed by atoms with Gasteiger partial charge in [-0.2, -0.15) is 0 Å². The summed E-state index contributed by atoms with van der Waals surface area (Å²) < 4.78 is 10.2. The molecule has 0 atom stereocenters. The molecule has 0 unspecified atom stereocenters. The highest BCUT2D eigenvalue weighted by Crippen LogP contribution is 2.29. The minimum atomic E-state index is -0.675. The van der Waals surface area contributed by atoms with E-state index in [0.717, 1.165) is 37.0 Å². The summed E-state index contributed by atoms with van der Waals surface area (Å²) in [5.41, 5.74) is 1.37. The zero-order valence-electron chi connectivity index (χ0n) is 16.3. The van der Waals surface area contributed by atoms with E-state index in [1.165, 1.54) is 11.3 Å². The van der Waals surface area contributed by atoms with Crippen molar-refractivity contribution in [2.24, 2.45) is 0 Å². The summed E-state index contributed by atoms with van der Waals surface area (Å²) in [4.78, 5) is 40.7. The highest BCUT2D eigenvalue weighted by Gasteiger charge is 2.21. The number of carbonyl (C=O) groups is 3. The number of nitrogens with zero attached hydrogens (tertiary/aromatic N) is 1. The van der Waals surface area contributed by atoms with E-state index in [1.807, 2.05) is 24.3 Å². The molecular weight excluding hydrogens is 394 g/mol. The Morgan fingerprint density at radius 2 is 1.86 bits per heavy atom. The van der Waals surface area contributed by atoms with Crippen LogP contribution in [-0.2, 0) is 9.53 Å². The second-order valence-electron chi connectivity index (χ2n) is 6.74. The SMILES string of the molecule is COc1ccc(-c2nc(C)c(C(=O)OCC(=O)NC(=O)NC3CCCC3)s2)cc1. The molecule has 1 aromatic heterocycles. The molecule has 0 spiro atoms. The third-order valence-electron chi connectivity index (χ3n) is 4.60. The van der Waals surface area contributed by atoms with Crippen LogP contribution in [0.25, 0.3) is 10.6 Å². The summed E-state index contributed by atoms with van der Waals surface area (Å²) in [7, 11) is 1.59. The fraction of sp³-hybridized carbons (Fsp3) is 0.400. The molecule has 0 saturated heterocycles. The van der Waals surface area contributed by atoms with Crippen molar-refractivity contribution in [2.75, 3.05) is 13.7 Å². The maximum Gasteiger partial charge on any atom is 0.350 e. The fourth-order valence-electron chi connectivity index (χ4n) is 3.09. The van der Waals surface area contributed by atoms with Gasteiger partial charge in [0.05, 0.1) is 12.8 Å². The summed E-state index contributed by atoms with van der Waals surface area (Å²) in [6, 6.07) is 6.86. The van der Waals surface area contributed by atoms with Gasteiger partial charge in [-0.3, -0.25) is 10.1 Å². The summed E-state index contributed by atoms with van der Waals surface area (Å²) in [5, 5.41) is 5.58. The number of methoxy groups -OCH3 is 1. The molecule has 1 heterocycles. The van der Waals surface area contributed by atoms with Gasteiger partial charge in [0.25, 0.3) is 5.91 Å². The molecule has 2 N–H and O–H groups in total. The highest BCUT2D eigenvalue weighted by atomic mass is 32.1. The number of aromatic nitrogens is 1. The lowest BCUT2D eigenvalue weighted by Gasteiger charge is -2.12. The third-order valence-corrected chi connectivity index (χ3v) is 5.78. The van der Waals surface area contributed by atoms with Gasteiger partial charge >= 0.3 is 12.0 Å². The number of imide groups is 1. The second-order valence-corrected chi connectivity index (χ2v) is 7.74. The van der Waals surface area contributed by atoms with Crippen LogP contribution in [0.2, 0.25) is 0 Å². The predicted molar refractivity (Wildman–Crippen MR) is 108 cm³/mol. The molecule has 2 aromatic rings. The van der Waals surface area contributed by atoms with Crippen LogP contribution in [-0.4, -0.2) is 42.7 Å². The first-order valence-electron chi connectivity index (χ1n) is 9.35. The number of urea groups is 1. The van der Waals surface area contributed by atoms with Gasteiger partial charge < -0.3 is 14.8 Å². The van der Waals surface area contributed by atoms with Crippen LogP contribution in [0.1, 0.15) is 41.0 Å². The Balaban J connectivity index is 1.52. The maximum absolute atomic E-state index is 12.3. The first-order chi connectivity index (χ1) is 14.0. The summed E-state index contributed by atoms with van der Waals surface area (Å²) in [5.74, 6) is -0.595. The molecule has 0 bridgehead atoms. The van der Waals surface area contributed by atoms with Crippen LogP contribution in [0.15, 0.2) is 24.3 Å². The van der Waals surface area contributed by atoms with E-state index < -0.39 is 24.5 Å². The van der Waals surface area contributed by atoms with Gasteiger partial charge in [-0.15, -0.1) is 11.3 Å². The average Bonchev–Trinajstić information content (AvgIpc) is 3.35. The molecular formula is C20H23N3O5S. The van der Waals surface area contributed by atoms with E-state index in [0.29, 0.717) is 15.6 Å². The van der Waals surface area contributed by atoms with Crippen molar-refractivity contribution in [3.63, 3.8) is 0 Å². The number of ether oxygens (including phenoxy) is 2. The van der Waals surface area contributed by atoms with Gasteiger partial charge in [0.1, 0.15) is 15.6 Å². The molecule has 1 saturated carbocycles. The number of hydrogen-bond acceptors (Lipinski definition) is 7. The fourth-order valence-corrected chi connectivity index (χ4v) is 4.06. The van der Waals surface area contributed by atoms with Crippen molar-refractivity contribution < 1.29 is 23.9 Å². The number of amides is 3. The lowest BCUT2D eigenvalue weighted by Crippen LogP contribution is -2.44. The zero-order chi connectivity index (χ0) is 20.8. The van der Waals surface area contributed by atoms with Gasteiger partial charge in [0, 0.05) is 11.6 Å². The van der Waals surface area contributed by atoms with Crippen LogP contribution >= 0.6 is 11.3 Å². The van der Waals surface area contributed by atoms with Crippen LogP contribution in [0.3, 0.4) is 0 Å². The first kappa shape index (κ1) is 20.8. The Morgan fingerprint density at radius 3 is 2.52 bits per heavy atom. The van der Waals surface area contributed by atoms with Crippen LogP contribution in [0.5, 0.6) is 5.75 Å². The van der Waals surface area contributed by atoms with Gasteiger partial charge in [-0.05, 0) is 44.0 Å². The van der Waals surface area contributed by atoms with Crippen LogP contribution in [0, 0.1) is 6.92 Å². The number of rotatable bonds is 6. The topological polar surface area (TPSA) is 107 Å². The van der Waals surface area contributed by atoms with E-state index >= 15 is 0 Å². The van der Waals surface area contributed by atoms with E-state index in [4.69, 9.17) is 9.47 Å². The monoisotopic (exact) mass is 417 g/mol. The Morgan fingerprint density at radius 1 is 1.17 bits per heavy atom. The first-order valence-corrected chi connectivity index (χ1v) is 10.2. The smallest absolute Gasteiger partial charge is 0.350 e. The quantitative estimate of drug-likeness (QED) is 0.700. The second kappa shape index (κ2) is 9.51. The van der Waals surface area contributed by atoms with Gasteiger partial charge in [0.2, 0.25) is 0 Å². The highest BCUT2D eigenvalue weighted by molar-refractivity contribution is 7.17. The maximum atomic E-state index is 12.3. The molecule has 9 heteroatoms. The number of esters is 1.